The van der Waals surface area contributed by atoms with Crippen molar-refractivity contribution >= 4 is 40.9 Å². The summed E-state index contributed by atoms with van der Waals surface area (Å²) in [7, 11) is -3.41. The van der Waals surface area contributed by atoms with Crippen molar-refractivity contribution in [2.45, 2.75) is 25.9 Å². The number of anilines is 1. The fraction of sp³-hybridized carbons (Fsp3) is 0.400. The van der Waals surface area contributed by atoms with Gasteiger partial charge in [0.1, 0.15) is 5.82 Å². The van der Waals surface area contributed by atoms with Gasteiger partial charge < -0.3 is 15.1 Å². The Morgan fingerprint density at radius 2 is 1.96 bits per heavy atom. The second-order valence-electron chi connectivity index (χ2n) is 5.69. The molecule has 23 heavy (non-hydrogen) atoms. The minimum atomic E-state index is -3.70. The molecule has 0 amide bonds. The highest BCUT2D eigenvalue weighted by atomic mass is 79.9. The lowest BCUT2D eigenvalue weighted by Crippen LogP contribution is -2.11. The van der Waals surface area contributed by atoms with E-state index in [-0.39, 0.29) is 4.47 Å². The summed E-state index contributed by atoms with van der Waals surface area (Å²) < 4.78 is 28.0. The van der Waals surface area contributed by atoms with E-state index in [1.54, 1.807) is 12.3 Å². The van der Waals surface area contributed by atoms with Crippen LogP contribution < -0.4 is 5.32 Å². The van der Waals surface area contributed by atoms with E-state index in [1.807, 2.05) is 0 Å². The number of nitrogens with one attached hydrogen (secondary N) is 1. The zero-order valence-corrected chi connectivity index (χ0v) is 15.2. The van der Waals surface area contributed by atoms with E-state index >= 15 is 0 Å². The Balaban J connectivity index is 2.36. The largest absolute Gasteiger partial charge is 0.370 e. The Labute approximate surface area is 143 Å². The van der Waals surface area contributed by atoms with Gasteiger partial charge in [-0.05, 0) is 35.9 Å². The van der Waals surface area contributed by atoms with Crippen molar-refractivity contribution in [3.63, 3.8) is 0 Å². The molecule has 0 bridgehead atoms. The van der Waals surface area contributed by atoms with E-state index in [0.29, 0.717) is 22.5 Å². The SMILES string of the molecule is CC(C)CCNc1cc2cc(C(F)(F)P(O)O)c(Br)cc2cn1. The Bertz CT molecular complexity index is 698. The van der Waals surface area contributed by atoms with Crippen molar-refractivity contribution in [3.8, 4) is 0 Å². The van der Waals surface area contributed by atoms with E-state index in [9.17, 15) is 8.78 Å². The number of nitrogens with zero attached hydrogens (tertiary/aromatic N) is 1. The smallest absolute Gasteiger partial charge is 0.340 e. The molecule has 2 rings (SSSR count). The van der Waals surface area contributed by atoms with Gasteiger partial charge in [-0.1, -0.05) is 29.8 Å². The van der Waals surface area contributed by atoms with Crippen LogP contribution in [0.3, 0.4) is 0 Å². The Kier molecular flexibility index (Phi) is 5.89. The first-order valence-corrected chi connectivity index (χ1v) is 9.15. The lowest BCUT2D eigenvalue weighted by atomic mass is 10.1. The molecule has 1 aromatic carbocycles. The second kappa shape index (κ2) is 7.34. The Morgan fingerprint density at radius 1 is 1.26 bits per heavy atom. The molecule has 0 fully saturated rings. The highest BCUT2D eigenvalue weighted by molar-refractivity contribution is 9.10. The molecule has 0 atom stereocenters. The zero-order valence-electron chi connectivity index (χ0n) is 12.7. The predicted octanol–water partition coefficient (Wildman–Crippen LogP) is 4.80. The van der Waals surface area contributed by atoms with Crippen LogP contribution in [0, 0.1) is 5.92 Å². The normalized spacial score (nSPS) is 12.4. The second-order valence-corrected chi connectivity index (χ2v) is 7.68. The van der Waals surface area contributed by atoms with Gasteiger partial charge in [0.15, 0.2) is 0 Å². The number of hydrogen-bond acceptors (Lipinski definition) is 4. The maximum atomic E-state index is 13.9. The van der Waals surface area contributed by atoms with Gasteiger partial charge in [-0.2, -0.15) is 8.78 Å². The van der Waals surface area contributed by atoms with E-state index < -0.39 is 19.6 Å². The third kappa shape index (κ3) is 4.35. The summed E-state index contributed by atoms with van der Waals surface area (Å²) in [5.74, 6) is 1.16. The molecule has 0 aliphatic carbocycles. The summed E-state index contributed by atoms with van der Waals surface area (Å²) in [6.45, 7) is 4.97. The molecule has 0 spiro atoms. The van der Waals surface area contributed by atoms with Crippen molar-refractivity contribution in [1.82, 2.24) is 4.98 Å². The zero-order chi connectivity index (χ0) is 17.2. The van der Waals surface area contributed by atoms with Crippen LogP contribution in [0.1, 0.15) is 25.8 Å². The van der Waals surface area contributed by atoms with Crippen LogP contribution >= 0.6 is 24.3 Å². The molecule has 2 aromatic rings. The third-order valence-corrected chi connectivity index (χ3v) is 4.81. The third-order valence-electron chi connectivity index (χ3n) is 3.41. The number of halogens is 3. The van der Waals surface area contributed by atoms with E-state index in [0.717, 1.165) is 13.0 Å². The number of rotatable bonds is 6. The number of aromatic nitrogens is 1. The van der Waals surface area contributed by atoms with E-state index in [1.165, 1.54) is 12.1 Å². The first-order chi connectivity index (χ1) is 10.7. The fourth-order valence-electron chi connectivity index (χ4n) is 2.09. The summed E-state index contributed by atoms with van der Waals surface area (Å²) in [4.78, 5) is 22.2. The molecule has 126 valence electrons. The molecule has 1 heterocycles. The summed E-state index contributed by atoms with van der Waals surface area (Å²) in [6, 6.07) is 4.44. The van der Waals surface area contributed by atoms with Crippen LogP contribution in [0.4, 0.5) is 14.6 Å². The van der Waals surface area contributed by atoms with E-state index in [4.69, 9.17) is 9.79 Å². The van der Waals surface area contributed by atoms with Gasteiger partial charge in [0.05, 0.1) is 0 Å². The number of hydrogen-bond donors (Lipinski definition) is 3. The average molecular weight is 407 g/mol. The summed E-state index contributed by atoms with van der Waals surface area (Å²) in [6.07, 6.45) is 2.57. The van der Waals surface area contributed by atoms with Crippen molar-refractivity contribution in [1.29, 1.82) is 0 Å². The van der Waals surface area contributed by atoms with Gasteiger partial charge in [0.25, 0.3) is 0 Å². The molecule has 0 unspecified atom stereocenters. The molecular weight excluding hydrogens is 389 g/mol. The predicted molar refractivity (Wildman–Crippen MR) is 92.6 cm³/mol. The van der Waals surface area contributed by atoms with Gasteiger partial charge in [-0.25, -0.2) is 4.98 Å². The number of fused-ring (bicyclic) bond motifs is 1. The summed E-state index contributed by atoms with van der Waals surface area (Å²) in [5, 5.41) is 4.40. The molecule has 0 saturated heterocycles. The highest BCUT2D eigenvalue weighted by Gasteiger charge is 2.42. The molecule has 3 N–H and O–H groups in total. The molecule has 0 aliphatic heterocycles. The van der Waals surface area contributed by atoms with Gasteiger partial charge in [0.2, 0.25) is 8.38 Å². The van der Waals surface area contributed by atoms with Crippen molar-refractivity contribution in [2.24, 2.45) is 5.92 Å². The van der Waals surface area contributed by atoms with Crippen LogP contribution in [-0.4, -0.2) is 21.3 Å². The van der Waals surface area contributed by atoms with Gasteiger partial charge in [0, 0.05) is 28.2 Å². The standard InChI is InChI=1S/C15H18BrF2N2O2P/c1-9(2)3-4-19-14-7-10-5-12(15(17,18)23(21)22)13(16)6-11(10)8-20-14/h5-9,21-22H,3-4H2,1-2H3,(H,19,20). The van der Waals surface area contributed by atoms with Crippen LogP contribution in [0.5, 0.6) is 0 Å². The topological polar surface area (TPSA) is 65.4 Å². The molecule has 8 heteroatoms. The molecule has 1 aromatic heterocycles. The van der Waals surface area contributed by atoms with Crippen molar-refractivity contribution < 1.29 is 18.6 Å². The van der Waals surface area contributed by atoms with Gasteiger partial charge in [-0.15, -0.1) is 0 Å². The van der Waals surface area contributed by atoms with Gasteiger partial charge in [-0.3, -0.25) is 0 Å². The van der Waals surface area contributed by atoms with E-state index in [2.05, 4.69) is 40.1 Å². The molecule has 4 nitrogen and oxygen atoms in total. The quantitative estimate of drug-likeness (QED) is 0.602. The lowest BCUT2D eigenvalue weighted by Gasteiger charge is -2.19. The molecule has 0 saturated carbocycles. The summed E-state index contributed by atoms with van der Waals surface area (Å²) >= 11 is 3.06. The number of pyridine rings is 1. The molecule has 0 aliphatic rings. The minimum absolute atomic E-state index is 0.118. The van der Waals surface area contributed by atoms with Crippen molar-refractivity contribution in [3.05, 3.63) is 34.4 Å². The maximum absolute atomic E-state index is 13.9. The van der Waals surface area contributed by atoms with Crippen LogP contribution in [0.2, 0.25) is 0 Å². The lowest BCUT2D eigenvalue weighted by molar-refractivity contribution is 0.0726. The van der Waals surface area contributed by atoms with Crippen LogP contribution in [-0.2, 0) is 5.66 Å². The Morgan fingerprint density at radius 3 is 2.57 bits per heavy atom. The maximum Gasteiger partial charge on any atom is 0.340 e. The minimum Gasteiger partial charge on any atom is -0.370 e. The fourth-order valence-corrected chi connectivity index (χ4v) is 3.25. The molecular formula is C15H18BrF2N2O2P. The van der Waals surface area contributed by atoms with Gasteiger partial charge >= 0.3 is 5.66 Å². The first kappa shape index (κ1) is 18.5. The monoisotopic (exact) mass is 406 g/mol. The number of benzene rings is 1. The Hall–Kier alpha value is -0.880. The highest BCUT2D eigenvalue weighted by Crippen LogP contribution is 2.54. The average Bonchev–Trinajstić information content (AvgIpc) is 2.46. The van der Waals surface area contributed by atoms with Crippen LogP contribution in [0.25, 0.3) is 10.8 Å². The van der Waals surface area contributed by atoms with Crippen molar-refractivity contribution in [2.75, 3.05) is 11.9 Å². The van der Waals surface area contributed by atoms with Crippen LogP contribution in [0.15, 0.2) is 28.9 Å². The summed E-state index contributed by atoms with van der Waals surface area (Å²) in [5.41, 5.74) is -4.14. The first-order valence-electron chi connectivity index (χ1n) is 7.11. The molecule has 0 radical (unpaired) electrons. The number of alkyl halides is 2.